The number of unbranched alkanes of at least 4 members (excludes halogenated alkanes) is 2. The van der Waals surface area contributed by atoms with Crippen LogP contribution in [0.5, 0.6) is 5.88 Å². The zero-order valence-electron chi connectivity index (χ0n) is 19.8. The molecular weight excluding hydrogens is 426 g/mol. The van der Waals surface area contributed by atoms with E-state index in [-0.39, 0.29) is 12.2 Å². The SMILES string of the molecule is CCCCCOc1ccc(-c2ccc(C(=O)CC(CCCc3ccccc3)C(=O)O)cc2)cn1. The van der Waals surface area contributed by atoms with Gasteiger partial charge in [0.05, 0.1) is 12.5 Å². The van der Waals surface area contributed by atoms with E-state index in [1.54, 1.807) is 18.3 Å². The number of carbonyl (C=O) groups is 2. The van der Waals surface area contributed by atoms with Crippen molar-refractivity contribution in [3.63, 3.8) is 0 Å². The first-order valence-corrected chi connectivity index (χ1v) is 12.1. The molecule has 2 aromatic carbocycles. The minimum atomic E-state index is -0.916. The van der Waals surface area contributed by atoms with Gasteiger partial charge in [-0.25, -0.2) is 4.98 Å². The van der Waals surface area contributed by atoms with Crippen molar-refractivity contribution in [2.45, 2.75) is 51.9 Å². The first-order chi connectivity index (χ1) is 16.6. The first-order valence-electron chi connectivity index (χ1n) is 12.1. The predicted molar refractivity (Wildman–Crippen MR) is 134 cm³/mol. The highest BCUT2D eigenvalue weighted by molar-refractivity contribution is 5.98. The maximum Gasteiger partial charge on any atom is 0.306 e. The monoisotopic (exact) mass is 459 g/mol. The highest BCUT2D eigenvalue weighted by atomic mass is 16.5. The summed E-state index contributed by atoms with van der Waals surface area (Å²) in [5.41, 5.74) is 3.59. The summed E-state index contributed by atoms with van der Waals surface area (Å²) >= 11 is 0. The van der Waals surface area contributed by atoms with Crippen molar-refractivity contribution in [1.29, 1.82) is 0 Å². The summed E-state index contributed by atoms with van der Waals surface area (Å²) in [7, 11) is 0. The molecule has 34 heavy (non-hydrogen) atoms. The van der Waals surface area contributed by atoms with E-state index in [4.69, 9.17) is 4.74 Å². The Morgan fingerprint density at radius 2 is 1.65 bits per heavy atom. The molecule has 3 aromatic rings. The number of benzene rings is 2. The molecule has 0 aliphatic carbocycles. The number of nitrogens with zero attached hydrogens (tertiary/aromatic N) is 1. The Morgan fingerprint density at radius 1 is 0.912 bits per heavy atom. The number of hydrogen-bond donors (Lipinski definition) is 1. The number of ether oxygens (including phenoxy) is 1. The second-order valence-corrected chi connectivity index (χ2v) is 8.56. The highest BCUT2D eigenvalue weighted by Crippen LogP contribution is 2.23. The van der Waals surface area contributed by atoms with Gasteiger partial charge >= 0.3 is 5.97 Å². The molecule has 3 rings (SSSR count). The van der Waals surface area contributed by atoms with Gasteiger partial charge in [-0.3, -0.25) is 9.59 Å². The Morgan fingerprint density at radius 3 is 2.29 bits per heavy atom. The molecule has 5 nitrogen and oxygen atoms in total. The van der Waals surface area contributed by atoms with Crippen molar-refractivity contribution < 1.29 is 19.4 Å². The molecule has 0 bridgehead atoms. The predicted octanol–water partition coefficient (Wildman–Crippen LogP) is 6.61. The molecule has 0 aliphatic rings. The third kappa shape index (κ3) is 7.84. The van der Waals surface area contributed by atoms with Crippen molar-refractivity contribution in [2.24, 2.45) is 5.92 Å². The molecule has 0 radical (unpaired) electrons. The van der Waals surface area contributed by atoms with Gasteiger partial charge in [0.1, 0.15) is 0 Å². The first kappa shape index (κ1) is 25.2. The van der Waals surface area contributed by atoms with Gasteiger partial charge in [-0.15, -0.1) is 0 Å². The van der Waals surface area contributed by atoms with Crippen molar-refractivity contribution >= 4 is 11.8 Å². The molecule has 5 heteroatoms. The van der Waals surface area contributed by atoms with E-state index >= 15 is 0 Å². The van der Waals surface area contributed by atoms with Gasteiger partial charge < -0.3 is 9.84 Å². The Labute approximate surface area is 201 Å². The third-order valence-electron chi connectivity index (χ3n) is 5.92. The minimum absolute atomic E-state index is 0.00902. The van der Waals surface area contributed by atoms with Crippen LogP contribution < -0.4 is 4.74 Å². The van der Waals surface area contributed by atoms with Gasteiger partial charge in [-0.05, 0) is 42.9 Å². The van der Waals surface area contributed by atoms with Gasteiger partial charge in [0.2, 0.25) is 5.88 Å². The molecule has 0 amide bonds. The zero-order chi connectivity index (χ0) is 24.2. The third-order valence-corrected chi connectivity index (χ3v) is 5.92. The lowest BCUT2D eigenvalue weighted by atomic mass is 9.92. The quantitative estimate of drug-likeness (QED) is 0.217. The smallest absolute Gasteiger partial charge is 0.306 e. The fraction of sp³-hybridized carbons (Fsp3) is 0.345. The fourth-order valence-electron chi connectivity index (χ4n) is 3.87. The van der Waals surface area contributed by atoms with Gasteiger partial charge in [-0.1, -0.05) is 74.4 Å². The summed E-state index contributed by atoms with van der Waals surface area (Å²) in [6.07, 6.45) is 7.11. The second-order valence-electron chi connectivity index (χ2n) is 8.56. The van der Waals surface area contributed by atoms with Crippen molar-refractivity contribution in [3.05, 3.63) is 84.1 Å². The average molecular weight is 460 g/mol. The van der Waals surface area contributed by atoms with Gasteiger partial charge in [-0.2, -0.15) is 0 Å². The molecule has 0 saturated carbocycles. The second kappa shape index (κ2) is 13.3. The topological polar surface area (TPSA) is 76.5 Å². The molecule has 1 aromatic heterocycles. The van der Waals surface area contributed by atoms with Crippen LogP contribution in [0.25, 0.3) is 11.1 Å². The molecule has 0 aliphatic heterocycles. The lowest BCUT2D eigenvalue weighted by Gasteiger charge is -2.12. The van der Waals surface area contributed by atoms with Crippen LogP contribution in [-0.2, 0) is 11.2 Å². The van der Waals surface area contributed by atoms with Crippen LogP contribution in [-0.4, -0.2) is 28.4 Å². The number of ketones is 1. The van der Waals surface area contributed by atoms with Crippen LogP contribution in [0.4, 0.5) is 0 Å². The summed E-state index contributed by atoms with van der Waals surface area (Å²) in [5, 5.41) is 9.59. The van der Waals surface area contributed by atoms with E-state index in [0.717, 1.165) is 43.2 Å². The number of carboxylic acid groups (broad SMARTS) is 1. The Balaban J connectivity index is 1.53. The van der Waals surface area contributed by atoms with E-state index in [1.807, 2.05) is 54.6 Å². The Kier molecular flexibility index (Phi) is 9.83. The van der Waals surface area contributed by atoms with E-state index in [1.165, 1.54) is 5.56 Å². The molecule has 1 unspecified atom stereocenters. The molecule has 1 heterocycles. The number of carbonyl (C=O) groups excluding carboxylic acids is 1. The van der Waals surface area contributed by atoms with E-state index in [2.05, 4.69) is 11.9 Å². The van der Waals surface area contributed by atoms with Crippen molar-refractivity contribution in [1.82, 2.24) is 4.98 Å². The summed E-state index contributed by atoms with van der Waals surface area (Å²) < 4.78 is 5.66. The summed E-state index contributed by atoms with van der Waals surface area (Å²) in [5.74, 6) is -1.13. The number of carboxylic acids is 1. The van der Waals surface area contributed by atoms with E-state index in [0.29, 0.717) is 24.5 Å². The molecule has 178 valence electrons. The standard InChI is InChI=1S/C29H33NO4/c1-2-3-7-19-34-28-18-17-26(21-30-28)23-13-15-24(16-14-23)27(31)20-25(29(32)33)12-8-11-22-9-5-4-6-10-22/h4-6,9-10,13-18,21,25H,2-3,7-8,11-12,19-20H2,1H3,(H,32,33). The van der Waals surface area contributed by atoms with Crippen molar-refractivity contribution in [2.75, 3.05) is 6.61 Å². The maximum absolute atomic E-state index is 12.7. The molecule has 1 N–H and O–H groups in total. The summed E-state index contributed by atoms with van der Waals surface area (Å²) in [6, 6.07) is 21.1. The number of pyridine rings is 1. The molecule has 0 saturated heterocycles. The van der Waals surface area contributed by atoms with Crippen LogP contribution in [0.2, 0.25) is 0 Å². The fourth-order valence-corrected chi connectivity index (χ4v) is 3.87. The molecule has 0 spiro atoms. The van der Waals surface area contributed by atoms with Crippen LogP contribution in [0.1, 0.15) is 61.4 Å². The largest absolute Gasteiger partial charge is 0.481 e. The number of rotatable bonds is 14. The zero-order valence-corrected chi connectivity index (χ0v) is 19.8. The maximum atomic E-state index is 12.7. The minimum Gasteiger partial charge on any atom is -0.481 e. The summed E-state index contributed by atoms with van der Waals surface area (Å²) in [4.78, 5) is 28.8. The van der Waals surface area contributed by atoms with Crippen LogP contribution in [0.15, 0.2) is 72.9 Å². The summed E-state index contributed by atoms with van der Waals surface area (Å²) in [6.45, 7) is 2.82. The van der Waals surface area contributed by atoms with Crippen molar-refractivity contribution in [3.8, 4) is 17.0 Å². The lowest BCUT2D eigenvalue weighted by molar-refractivity contribution is -0.141. The number of aliphatic carboxylic acids is 1. The number of hydrogen-bond acceptors (Lipinski definition) is 4. The van der Waals surface area contributed by atoms with Gasteiger partial charge in [0.15, 0.2) is 5.78 Å². The van der Waals surface area contributed by atoms with Gasteiger partial charge in [0, 0.05) is 29.8 Å². The highest BCUT2D eigenvalue weighted by Gasteiger charge is 2.21. The van der Waals surface area contributed by atoms with Gasteiger partial charge in [0.25, 0.3) is 0 Å². The van der Waals surface area contributed by atoms with Crippen LogP contribution in [0.3, 0.4) is 0 Å². The molecule has 1 atom stereocenters. The van der Waals surface area contributed by atoms with Crippen LogP contribution in [0, 0.1) is 5.92 Å². The Bertz CT molecular complexity index is 1030. The Hall–Kier alpha value is -3.47. The number of aryl methyl sites for hydroxylation is 1. The number of aromatic nitrogens is 1. The van der Waals surface area contributed by atoms with E-state index < -0.39 is 11.9 Å². The normalized spacial score (nSPS) is 11.7. The molecular formula is C29H33NO4. The lowest BCUT2D eigenvalue weighted by Crippen LogP contribution is -2.18. The number of Topliss-reactive ketones (excluding diaryl/α,β-unsaturated/α-hetero) is 1. The van der Waals surface area contributed by atoms with E-state index in [9.17, 15) is 14.7 Å². The van der Waals surface area contributed by atoms with Crippen LogP contribution >= 0.6 is 0 Å². The molecule has 0 fully saturated rings. The average Bonchev–Trinajstić information content (AvgIpc) is 2.87.